The fraction of sp³-hybridized carbons (Fsp3) is 0.115. The lowest BCUT2D eigenvalue weighted by atomic mass is 9.99. The van der Waals surface area contributed by atoms with E-state index in [0.29, 0.717) is 34.8 Å². The summed E-state index contributed by atoms with van der Waals surface area (Å²) in [6.07, 6.45) is 2.99. The molecule has 1 aromatic heterocycles. The van der Waals surface area contributed by atoms with Crippen LogP contribution in [0.4, 0.5) is 10.1 Å². The largest absolute Gasteiger partial charge is 0.493 e. The molecule has 0 atom stereocenters. The first-order chi connectivity index (χ1) is 16.7. The van der Waals surface area contributed by atoms with Crippen molar-refractivity contribution in [2.45, 2.75) is 18.7 Å². The van der Waals surface area contributed by atoms with Crippen LogP contribution in [0.1, 0.15) is 19.4 Å². The highest BCUT2D eigenvalue weighted by atomic mass is 32.2. The molecule has 35 heavy (non-hydrogen) atoms. The van der Waals surface area contributed by atoms with Crippen molar-refractivity contribution < 1.29 is 26.8 Å². The smallest absolute Gasteiger partial charge is 0.248 e. The second kappa shape index (κ2) is 9.73. The van der Waals surface area contributed by atoms with Gasteiger partial charge >= 0.3 is 0 Å². The number of carbonyl (C=O) groups excluding carboxylic acids is 1. The van der Waals surface area contributed by atoms with E-state index >= 15 is 0 Å². The summed E-state index contributed by atoms with van der Waals surface area (Å²) >= 11 is 0. The number of ether oxygens (including phenoxy) is 1. The Morgan fingerprint density at radius 2 is 1.89 bits per heavy atom. The van der Waals surface area contributed by atoms with E-state index in [1.807, 2.05) is 13.0 Å². The van der Waals surface area contributed by atoms with Crippen LogP contribution in [0.15, 0.2) is 82.3 Å². The molecule has 0 spiro atoms. The number of halogens is 1. The normalized spacial score (nSPS) is 12.1. The first-order valence-corrected chi connectivity index (χ1v) is 12.3. The number of rotatable bonds is 7. The number of fused-ring (bicyclic) bond motifs is 1. The summed E-state index contributed by atoms with van der Waals surface area (Å²) in [5.41, 5.74) is 3.74. The molecule has 7 nitrogen and oxygen atoms in total. The van der Waals surface area contributed by atoms with E-state index in [-0.39, 0.29) is 10.7 Å². The van der Waals surface area contributed by atoms with Crippen molar-refractivity contribution in [2.75, 3.05) is 11.9 Å². The van der Waals surface area contributed by atoms with Gasteiger partial charge in [0.1, 0.15) is 17.1 Å². The molecule has 4 aromatic rings. The van der Waals surface area contributed by atoms with E-state index in [2.05, 4.69) is 5.32 Å². The molecular weight excluding hydrogens is 471 g/mol. The second-order valence-electron chi connectivity index (χ2n) is 7.82. The Hall–Kier alpha value is -3.95. The van der Waals surface area contributed by atoms with Crippen molar-refractivity contribution in [3.8, 4) is 16.9 Å². The lowest BCUT2D eigenvalue weighted by Gasteiger charge is -2.12. The molecule has 0 bridgehead atoms. The van der Waals surface area contributed by atoms with E-state index < -0.39 is 15.9 Å². The third-order valence-corrected chi connectivity index (χ3v) is 6.24. The highest BCUT2D eigenvalue weighted by molar-refractivity contribution is 7.89. The Labute approximate surface area is 202 Å². The molecule has 0 aliphatic rings. The summed E-state index contributed by atoms with van der Waals surface area (Å²) in [5, 5.41) is 8.60. The van der Waals surface area contributed by atoms with Gasteiger partial charge in [-0.3, -0.25) is 4.79 Å². The van der Waals surface area contributed by atoms with Gasteiger partial charge in [-0.15, -0.1) is 0 Å². The molecule has 0 fully saturated rings. The van der Waals surface area contributed by atoms with Crippen LogP contribution in [0.25, 0.3) is 27.7 Å². The fourth-order valence-corrected chi connectivity index (χ4v) is 4.25. The molecule has 0 aliphatic heterocycles. The van der Waals surface area contributed by atoms with Gasteiger partial charge in [0.05, 0.1) is 17.8 Å². The Morgan fingerprint density at radius 1 is 1.14 bits per heavy atom. The first kappa shape index (κ1) is 24.2. The van der Waals surface area contributed by atoms with Crippen molar-refractivity contribution in [1.82, 2.24) is 0 Å². The number of hydrogen-bond acceptors (Lipinski definition) is 5. The Bertz CT molecular complexity index is 1540. The molecule has 0 saturated carbocycles. The number of amides is 1. The molecule has 0 aliphatic carbocycles. The minimum atomic E-state index is -3.90. The van der Waals surface area contributed by atoms with Crippen LogP contribution in [0.3, 0.4) is 0 Å². The molecule has 0 saturated heterocycles. The second-order valence-corrected chi connectivity index (χ2v) is 9.38. The number of benzene rings is 3. The maximum atomic E-state index is 13.4. The van der Waals surface area contributed by atoms with Gasteiger partial charge in [0.2, 0.25) is 15.9 Å². The molecule has 1 heterocycles. The minimum Gasteiger partial charge on any atom is -0.493 e. The number of carbonyl (C=O) groups is 1. The molecule has 4 rings (SSSR count). The Kier molecular flexibility index (Phi) is 6.72. The van der Waals surface area contributed by atoms with Crippen LogP contribution in [-0.4, -0.2) is 20.9 Å². The number of hydrogen-bond donors (Lipinski definition) is 2. The number of anilines is 1. The van der Waals surface area contributed by atoms with Gasteiger partial charge in [0.25, 0.3) is 0 Å². The number of sulfonamides is 1. The summed E-state index contributed by atoms with van der Waals surface area (Å²) in [7, 11) is -3.90. The standard InChI is InChI=1S/C26H23FN2O5S/c1-3-33-24-14-25-22(23(15-34-25)17-7-9-18(27)10-8-17)13-21(24)16(2)11-26(30)29-19-5-4-6-20(12-19)35(28,31)32/h4-15H,3H2,1-2H3,(H,29,30)(H2,28,31,32)/b16-11+. The summed E-state index contributed by atoms with van der Waals surface area (Å²) in [6, 6.07) is 15.4. The SMILES string of the molecule is CCOc1cc2occ(-c3ccc(F)cc3)c2cc1/C(C)=C/C(=O)Nc1cccc(S(N)(=O)=O)c1. The lowest BCUT2D eigenvalue weighted by Crippen LogP contribution is -2.13. The molecule has 0 radical (unpaired) electrons. The lowest BCUT2D eigenvalue weighted by molar-refractivity contribution is -0.111. The average molecular weight is 495 g/mol. The summed E-state index contributed by atoms with van der Waals surface area (Å²) in [5.74, 6) is -0.249. The average Bonchev–Trinajstić information content (AvgIpc) is 3.21. The molecule has 3 aromatic carbocycles. The van der Waals surface area contributed by atoms with Gasteiger partial charge < -0.3 is 14.5 Å². The molecule has 0 unspecified atom stereocenters. The topological polar surface area (TPSA) is 112 Å². The number of nitrogens with one attached hydrogen (secondary N) is 1. The highest BCUT2D eigenvalue weighted by Crippen LogP contribution is 2.37. The zero-order valence-corrected chi connectivity index (χ0v) is 19.9. The van der Waals surface area contributed by atoms with Crippen molar-refractivity contribution in [1.29, 1.82) is 0 Å². The Balaban J connectivity index is 1.70. The van der Waals surface area contributed by atoms with Crippen molar-refractivity contribution >= 4 is 38.2 Å². The molecule has 3 N–H and O–H groups in total. The zero-order valence-electron chi connectivity index (χ0n) is 19.0. The number of furan rings is 1. The van der Waals surface area contributed by atoms with Crippen LogP contribution in [0, 0.1) is 5.82 Å². The fourth-order valence-electron chi connectivity index (χ4n) is 3.69. The van der Waals surface area contributed by atoms with Crippen LogP contribution in [0.5, 0.6) is 5.75 Å². The molecule has 9 heteroatoms. The highest BCUT2D eigenvalue weighted by Gasteiger charge is 2.16. The third kappa shape index (κ3) is 5.42. The predicted molar refractivity (Wildman–Crippen MR) is 133 cm³/mol. The number of allylic oxidation sites excluding steroid dienone is 1. The van der Waals surface area contributed by atoms with E-state index in [9.17, 15) is 17.6 Å². The summed E-state index contributed by atoms with van der Waals surface area (Å²) in [4.78, 5) is 12.6. The van der Waals surface area contributed by atoms with Crippen LogP contribution in [-0.2, 0) is 14.8 Å². The van der Waals surface area contributed by atoms with Crippen molar-refractivity contribution in [3.63, 3.8) is 0 Å². The van der Waals surface area contributed by atoms with Crippen molar-refractivity contribution in [3.05, 3.63) is 84.4 Å². The van der Waals surface area contributed by atoms with Crippen LogP contribution in [0.2, 0.25) is 0 Å². The summed E-state index contributed by atoms with van der Waals surface area (Å²) in [6.45, 7) is 4.02. The zero-order chi connectivity index (χ0) is 25.2. The van der Waals surface area contributed by atoms with Crippen LogP contribution >= 0.6 is 0 Å². The molecule has 1 amide bonds. The van der Waals surface area contributed by atoms with E-state index in [0.717, 1.165) is 16.5 Å². The minimum absolute atomic E-state index is 0.103. The molecule has 180 valence electrons. The van der Waals surface area contributed by atoms with Gasteiger partial charge in [0.15, 0.2) is 0 Å². The van der Waals surface area contributed by atoms with Gasteiger partial charge in [-0.05, 0) is 61.4 Å². The predicted octanol–water partition coefficient (Wildman–Crippen LogP) is 5.33. The van der Waals surface area contributed by atoms with E-state index in [4.69, 9.17) is 14.3 Å². The monoisotopic (exact) mass is 494 g/mol. The van der Waals surface area contributed by atoms with Gasteiger partial charge in [-0.2, -0.15) is 0 Å². The maximum Gasteiger partial charge on any atom is 0.248 e. The van der Waals surface area contributed by atoms with E-state index in [1.165, 1.54) is 36.4 Å². The molecular formula is C26H23FN2O5S. The summed E-state index contributed by atoms with van der Waals surface area (Å²) < 4.78 is 48.1. The first-order valence-electron chi connectivity index (χ1n) is 10.7. The van der Waals surface area contributed by atoms with Gasteiger partial charge in [-0.1, -0.05) is 18.2 Å². The van der Waals surface area contributed by atoms with Crippen molar-refractivity contribution in [2.24, 2.45) is 5.14 Å². The number of nitrogens with two attached hydrogens (primary N) is 1. The quantitative estimate of drug-likeness (QED) is 0.338. The maximum absolute atomic E-state index is 13.4. The van der Waals surface area contributed by atoms with Crippen LogP contribution < -0.4 is 15.2 Å². The van der Waals surface area contributed by atoms with Gasteiger partial charge in [0, 0.05) is 34.3 Å². The Morgan fingerprint density at radius 3 is 2.57 bits per heavy atom. The number of primary sulfonamides is 1. The third-order valence-electron chi connectivity index (χ3n) is 5.33. The van der Waals surface area contributed by atoms with E-state index in [1.54, 1.807) is 37.5 Å². The van der Waals surface area contributed by atoms with Gasteiger partial charge in [-0.25, -0.2) is 17.9 Å².